The first-order chi connectivity index (χ1) is 16.3. The predicted octanol–water partition coefficient (Wildman–Crippen LogP) is 4.96. The van der Waals surface area contributed by atoms with Crippen LogP contribution < -0.4 is 16.4 Å². The van der Waals surface area contributed by atoms with Gasteiger partial charge in [0.1, 0.15) is 5.75 Å². The molecule has 2 aromatic rings. The second kappa shape index (κ2) is 14.6. The van der Waals surface area contributed by atoms with E-state index < -0.39 is 6.04 Å². The molecule has 5 heteroatoms. The van der Waals surface area contributed by atoms with Crippen LogP contribution in [0.5, 0.6) is 5.75 Å². The van der Waals surface area contributed by atoms with Gasteiger partial charge in [-0.3, -0.25) is 10.1 Å². The first-order valence-electron chi connectivity index (χ1n) is 12.6. The Morgan fingerprint density at radius 3 is 2.38 bits per heavy atom. The molecule has 0 saturated heterocycles. The Morgan fingerprint density at radius 1 is 1.09 bits per heavy atom. The van der Waals surface area contributed by atoms with Crippen LogP contribution in [-0.4, -0.2) is 35.7 Å². The van der Waals surface area contributed by atoms with Crippen molar-refractivity contribution in [1.82, 2.24) is 10.6 Å². The number of benzene rings is 2. The maximum Gasteiger partial charge on any atom is 0.237 e. The van der Waals surface area contributed by atoms with E-state index in [0.29, 0.717) is 18.9 Å². The van der Waals surface area contributed by atoms with Crippen molar-refractivity contribution in [2.45, 2.75) is 77.9 Å². The highest BCUT2D eigenvalue weighted by Crippen LogP contribution is 2.16. The molecule has 0 bridgehead atoms. The van der Waals surface area contributed by atoms with Crippen molar-refractivity contribution in [1.29, 1.82) is 0 Å². The minimum absolute atomic E-state index is 0.0351. The average Bonchev–Trinajstić information content (AvgIpc) is 2.84. The van der Waals surface area contributed by atoms with Gasteiger partial charge in [0.05, 0.1) is 6.04 Å². The summed E-state index contributed by atoms with van der Waals surface area (Å²) in [5.74, 6) is 0.527. The number of phenolic OH excluding ortho intramolecular Hbond substituents is 1. The largest absolute Gasteiger partial charge is 0.508 e. The molecule has 5 N–H and O–H groups in total. The van der Waals surface area contributed by atoms with Gasteiger partial charge in [-0.1, -0.05) is 94.1 Å². The van der Waals surface area contributed by atoms with Crippen LogP contribution in [0.15, 0.2) is 54.6 Å². The number of rotatable bonds is 14. The lowest BCUT2D eigenvalue weighted by atomic mass is 9.95. The van der Waals surface area contributed by atoms with E-state index in [2.05, 4.69) is 74.7 Å². The molecular formula is C29H43N3O2. The highest BCUT2D eigenvalue weighted by molar-refractivity contribution is 5.82. The fraction of sp³-hybridized carbons (Fsp3) is 0.483. The van der Waals surface area contributed by atoms with Crippen LogP contribution >= 0.6 is 0 Å². The fourth-order valence-electron chi connectivity index (χ4n) is 3.81. The third kappa shape index (κ3) is 9.70. The number of hydrogen-bond acceptors (Lipinski definition) is 4. The van der Waals surface area contributed by atoms with Gasteiger partial charge in [0.2, 0.25) is 5.91 Å². The maximum absolute atomic E-state index is 13.2. The fourth-order valence-corrected chi connectivity index (χ4v) is 3.81. The maximum atomic E-state index is 13.2. The molecule has 186 valence electrons. The number of amides is 1. The minimum Gasteiger partial charge on any atom is -0.508 e. The normalized spacial score (nSPS) is 15.1. The van der Waals surface area contributed by atoms with Crippen molar-refractivity contribution in [3.05, 3.63) is 71.3 Å². The molecule has 0 aliphatic rings. The molecule has 0 fully saturated rings. The molecular weight excluding hydrogens is 422 g/mol. The Kier molecular flexibility index (Phi) is 11.9. The Morgan fingerprint density at radius 2 is 1.76 bits per heavy atom. The van der Waals surface area contributed by atoms with Crippen LogP contribution in [0.3, 0.4) is 0 Å². The molecule has 0 spiro atoms. The Bertz CT molecular complexity index is 877. The zero-order valence-corrected chi connectivity index (χ0v) is 21.3. The van der Waals surface area contributed by atoms with Crippen LogP contribution in [0.4, 0.5) is 0 Å². The Balaban J connectivity index is 2.18. The third-order valence-electron chi connectivity index (χ3n) is 6.38. The summed E-state index contributed by atoms with van der Waals surface area (Å²) in [4.78, 5) is 13.2. The molecule has 5 nitrogen and oxygen atoms in total. The molecule has 2 rings (SSSR count). The van der Waals surface area contributed by atoms with Gasteiger partial charge in [0.25, 0.3) is 0 Å². The van der Waals surface area contributed by atoms with E-state index in [0.717, 1.165) is 36.8 Å². The lowest BCUT2D eigenvalue weighted by molar-refractivity contribution is -0.123. The van der Waals surface area contributed by atoms with Crippen molar-refractivity contribution in [2.24, 2.45) is 11.7 Å². The summed E-state index contributed by atoms with van der Waals surface area (Å²) in [5, 5.41) is 16.3. The van der Waals surface area contributed by atoms with Crippen LogP contribution in [0, 0.1) is 12.8 Å². The monoisotopic (exact) mass is 465 g/mol. The highest BCUT2D eigenvalue weighted by atomic mass is 16.3. The van der Waals surface area contributed by atoms with E-state index in [4.69, 9.17) is 5.73 Å². The third-order valence-corrected chi connectivity index (χ3v) is 6.38. The summed E-state index contributed by atoms with van der Waals surface area (Å²) >= 11 is 0. The van der Waals surface area contributed by atoms with E-state index in [1.54, 1.807) is 12.1 Å². The minimum atomic E-state index is -0.412. The number of nitrogens with one attached hydrogen (secondary N) is 2. The first kappa shape index (κ1) is 27.6. The molecule has 0 radical (unpaired) electrons. The average molecular weight is 466 g/mol. The molecule has 4 atom stereocenters. The molecule has 1 amide bonds. The van der Waals surface area contributed by atoms with Gasteiger partial charge in [0, 0.05) is 18.6 Å². The number of carbonyl (C=O) groups is 1. The Hall–Kier alpha value is -2.63. The summed E-state index contributed by atoms with van der Waals surface area (Å²) < 4.78 is 0. The molecule has 0 unspecified atom stereocenters. The lowest BCUT2D eigenvalue weighted by Crippen LogP contribution is -2.52. The topological polar surface area (TPSA) is 87.4 Å². The molecule has 2 aromatic carbocycles. The summed E-state index contributed by atoms with van der Waals surface area (Å²) in [7, 11) is 0. The number of carbonyl (C=O) groups excluding carboxylic acids is 1. The van der Waals surface area contributed by atoms with Gasteiger partial charge in [-0.15, -0.1) is 0 Å². The van der Waals surface area contributed by atoms with E-state index in [1.165, 1.54) is 5.56 Å². The van der Waals surface area contributed by atoms with Gasteiger partial charge in [-0.2, -0.15) is 0 Å². The van der Waals surface area contributed by atoms with E-state index in [9.17, 15) is 9.90 Å². The number of phenols is 1. The second-order valence-corrected chi connectivity index (χ2v) is 9.42. The van der Waals surface area contributed by atoms with Gasteiger partial charge in [-0.25, -0.2) is 0 Å². The van der Waals surface area contributed by atoms with Crippen molar-refractivity contribution in [3.8, 4) is 5.75 Å². The molecule has 0 aromatic heterocycles. The van der Waals surface area contributed by atoms with Crippen LogP contribution in [0.1, 0.15) is 63.1 Å². The number of hydrogen-bond donors (Lipinski definition) is 4. The number of nitrogens with two attached hydrogens (primary N) is 1. The van der Waals surface area contributed by atoms with Crippen LogP contribution in [-0.2, 0) is 11.2 Å². The molecule has 34 heavy (non-hydrogen) atoms. The summed E-state index contributed by atoms with van der Waals surface area (Å²) in [6.45, 7) is 9.06. The van der Waals surface area contributed by atoms with Crippen molar-refractivity contribution < 1.29 is 9.90 Å². The lowest BCUT2D eigenvalue weighted by Gasteiger charge is -2.28. The number of aromatic hydroxyl groups is 1. The van der Waals surface area contributed by atoms with Crippen molar-refractivity contribution in [2.75, 3.05) is 6.54 Å². The number of aryl methyl sites for hydroxylation is 1. The van der Waals surface area contributed by atoms with Gasteiger partial charge < -0.3 is 16.2 Å². The van der Waals surface area contributed by atoms with E-state index >= 15 is 0 Å². The van der Waals surface area contributed by atoms with Gasteiger partial charge >= 0.3 is 0 Å². The number of unbranched alkanes of at least 4 members (excludes halogenated alkanes) is 1. The van der Waals surface area contributed by atoms with Crippen molar-refractivity contribution in [3.63, 3.8) is 0 Å². The van der Waals surface area contributed by atoms with Crippen molar-refractivity contribution >= 4 is 12.0 Å². The summed E-state index contributed by atoms with van der Waals surface area (Å²) in [6, 6.07) is 15.1. The van der Waals surface area contributed by atoms with Crippen LogP contribution in [0.2, 0.25) is 0 Å². The Labute approximate surface area is 205 Å². The molecule has 0 saturated carbocycles. The standard InChI is InChI=1S/C29H43N3O2/c1-5-7-8-25(30)20-31-29(34)28(19-24-13-16-26(33)17-14-24)32-27(22(4)6-2)18-15-23-11-9-21(3)10-12-23/h9-18,22,25,27-28,32-33H,5-8,19-20,30H2,1-4H3,(H,31,34)/b18-15+/t22-,25-,27+,28-/m0/s1. The first-order valence-corrected chi connectivity index (χ1v) is 12.6. The molecule has 0 aliphatic heterocycles. The highest BCUT2D eigenvalue weighted by Gasteiger charge is 2.24. The summed E-state index contributed by atoms with van der Waals surface area (Å²) in [6.07, 6.45) is 8.87. The second-order valence-electron chi connectivity index (χ2n) is 9.42. The van der Waals surface area contributed by atoms with Gasteiger partial charge in [-0.05, 0) is 48.9 Å². The predicted molar refractivity (Wildman–Crippen MR) is 143 cm³/mol. The van der Waals surface area contributed by atoms with Gasteiger partial charge in [0.15, 0.2) is 0 Å². The zero-order valence-electron chi connectivity index (χ0n) is 21.3. The SMILES string of the molecule is CCCC[C@H](N)CNC(=O)[C@H](Cc1ccc(O)cc1)N[C@H](/C=C/c1ccc(C)cc1)[C@@H](C)CC. The van der Waals surface area contributed by atoms with E-state index in [1.807, 2.05) is 12.1 Å². The summed E-state index contributed by atoms with van der Waals surface area (Å²) in [5.41, 5.74) is 9.56. The van der Waals surface area contributed by atoms with E-state index in [-0.39, 0.29) is 23.7 Å². The molecule has 0 aliphatic carbocycles. The smallest absolute Gasteiger partial charge is 0.237 e. The zero-order chi connectivity index (χ0) is 24.9. The quantitative estimate of drug-likeness (QED) is 0.317. The van der Waals surface area contributed by atoms with Crippen LogP contribution in [0.25, 0.3) is 6.08 Å². The molecule has 0 heterocycles.